The molecular weight excluding hydrogens is 330 g/mol. The fourth-order valence-corrected chi connectivity index (χ4v) is 3.00. The lowest BCUT2D eigenvalue weighted by molar-refractivity contribution is 0.193. The van der Waals surface area contributed by atoms with E-state index in [2.05, 4.69) is 37.6 Å². The molecule has 0 spiro atoms. The molecule has 2 aromatic heterocycles. The van der Waals surface area contributed by atoms with E-state index in [1.807, 2.05) is 24.3 Å². The lowest BCUT2D eigenvalue weighted by atomic mass is 10.1. The maximum Gasteiger partial charge on any atom is 0.228 e. The van der Waals surface area contributed by atoms with E-state index >= 15 is 0 Å². The highest BCUT2D eigenvalue weighted by Gasteiger charge is 2.19. The number of nitrogens with zero attached hydrogens (tertiary/aromatic N) is 4. The number of nitrogens with one attached hydrogen (secondary N) is 1. The minimum Gasteiger partial charge on any atom is -0.381 e. The van der Waals surface area contributed by atoms with Crippen LogP contribution in [0.25, 0.3) is 0 Å². The van der Waals surface area contributed by atoms with Gasteiger partial charge in [0.1, 0.15) is 12.1 Å². The van der Waals surface area contributed by atoms with Gasteiger partial charge in [0.25, 0.3) is 0 Å². The van der Waals surface area contributed by atoms with E-state index in [9.17, 15) is 0 Å². The third-order valence-corrected chi connectivity index (χ3v) is 4.40. The first-order valence-electron chi connectivity index (χ1n) is 8.86. The fourth-order valence-electron chi connectivity index (χ4n) is 3.00. The van der Waals surface area contributed by atoms with E-state index in [0.717, 1.165) is 31.1 Å². The Morgan fingerprint density at radius 2 is 2.08 bits per heavy atom. The zero-order valence-electron chi connectivity index (χ0n) is 14.5. The van der Waals surface area contributed by atoms with Gasteiger partial charge in [0.15, 0.2) is 5.82 Å². The average molecular weight is 351 g/mol. The second kappa shape index (κ2) is 8.05. The summed E-state index contributed by atoms with van der Waals surface area (Å²) >= 11 is 0. The van der Waals surface area contributed by atoms with E-state index < -0.39 is 0 Å². The second-order valence-corrected chi connectivity index (χ2v) is 6.33. The number of aromatic nitrogens is 4. The van der Waals surface area contributed by atoms with Crippen LogP contribution >= 0.6 is 0 Å². The van der Waals surface area contributed by atoms with Crippen molar-refractivity contribution in [1.82, 2.24) is 20.1 Å². The molecule has 1 aliphatic rings. The second-order valence-electron chi connectivity index (χ2n) is 6.33. The molecule has 3 heterocycles. The van der Waals surface area contributed by atoms with E-state index in [4.69, 9.17) is 9.26 Å². The lowest BCUT2D eigenvalue weighted by Gasteiger charge is -2.09. The van der Waals surface area contributed by atoms with Crippen LogP contribution in [0, 0.1) is 0 Å². The van der Waals surface area contributed by atoms with E-state index in [1.54, 1.807) is 6.33 Å². The predicted octanol–water partition coefficient (Wildman–Crippen LogP) is 2.61. The van der Waals surface area contributed by atoms with E-state index in [1.165, 1.54) is 5.56 Å². The standard InChI is InChI=1S/C19H21N5O2/c1-2-4-14(5-3-1)10-18-23-19(26-24-18)6-8-20-17-11-16(21-13-22-17)15-7-9-25-12-15/h1-5,11,13,15H,6-10,12H2,(H,20,21,22)/t15-/m1/s1. The summed E-state index contributed by atoms with van der Waals surface area (Å²) in [6.45, 7) is 2.22. The molecule has 0 amide bonds. The minimum atomic E-state index is 0.370. The molecule has 1 atom stereocenters. The van der Waals surface area contributed by atoms with Crippen molar-refractivity contribution in [3.63, 3.8) is 0 Å². The first-order valence-corrected chi connectivity index (χ1v) is 8.86. The summed E-state index contributed by atoms with van der Waals surface area (Å²) in [5.41, 5.74) is 2.20. The van der Waals surface area contributed by atoms with Gasteiger partial charge >= 0.3 is 0 Å². The van der Waals surface area contributed by atoms with Crippen molar-refractivity contribution in [3.05, 3.63) is 65.7 Å². The highest BCUT2D eigenvalue weighted by atomic mass is 16.5. The number of anilines is 1. The Morgan fingerprint density at radius 3 is 2.92 bits per heavy atom. The normalized spacial score (nSPS) is 16.7. The molecule has 1 fully saturated rings. The zero-order valence-corrected chi connectivity index (χ0v) is 14.5. The molecule has 3 aromatic rings. The van der Waals surface area contributed by atoms with Crippen molar-refractivity contribution < 1.29 is 9.26 Å². The van der Waals surface area contributed by atoms with Crippen molar-refractivity contribution in [2.45, 2.75) is 25.2 Å². The van der Waals surface area contributed by atoms with Gasteiger partial charge in [-0.2, -0.15) is 4.98 Å². The topological polar surface area (TPSA) is 86.0 Å². The van der Waals surface area contributed by atoms with Gasteiger partial charge < -0.3 is 14.6 Å². The Labute approximate surface area is 151 Å². The molecule has 0 radical (unpaired) electrons. The summed E-state index contributed by atoms with van der Waals surface area (Å²) in [5, 5.41) is 7.35. The van der Waals surface area contributed by atoms with Crippen LogP contribution in [-0.2, 0) is 17.6 Å². The van der Waals surface area contributed by atoms with Crippen molar-refractivity contribution in [3.8, 4) is 0 Å². The molecule has 7 heteroatoms. The van der Waals surface area contributed by atoms with E-state index in [0.29, 0.717) is 37.0 Å². The predicted molar refractivity (Wildman–Crippen MR) is 95.9 cm³/mol. The molecule has 1 aromatic carbocycles. The first kappa shape index (κ1) is 16.7. The van der Waals surface area contributed by atoms with Crippen LogP contribution in [0.2, 0.25) is 0 Å². The van der Waals surface area contributed by atoms with Crippen molar-refractivity contribution in [2.24, 2.45) is 0 Å². The Kier molecular flexibility index (Phi) is 5.16. The van der Waals surface area contributed by atoms with Gasteiger partial charge in [0.2, 0.25) is 5.89 Å². The summed E-state index contributed by atoms with van der Waals surface area (Å²) in [6, 6.07) is 12.1. The summed E-state index contributed by atoms with van der Waals surface area (Å²) in [4.78, 5) is 13.1. The molecule has 0 unspecified atom stereocenters. The number of ether oxygens (including phenoxy) is 1. The summed E-state index contributed by atoms with van der Waals surface area (Å²) in [7, 11) is 0. The third-order valence-electron chi connectivity index (χ3n) is 4.40. The van der Waals surface area contributed by atoms with E-state index in [-0.39, 0.29) is 0 Å². The van der Waals surface area contributed by atoms with Gasteiger partial charge in [-0.15, -0.1) is 0 Å². The van der Waals surface area contributed by atoms with Crippen molar-refractivity contribution in [2.75, 3.05) is 25.1 Å². The molecular formula is C19H21N5O2. The zero-order chi connectivity index (χ0) is 17.6. The SMILES string of the molecule is c1ccc(Cc2noc(CCNc3cc([C@@H]4CCOC4)ncn3)n2)cc1. The Hall–Kier alpha value is -2.80. The summed E-state index contributed by atoms with van der Waals surface area (Å²) in [5.74, 6) is 2.51. The number of hydrogen-bond donors (Lipinski definition) is 1. The highest BCUT2D eigenvalue weighted by molar-refractivity contribution is 5.36. The fraction of sp³-hybridized carbons (Fsp3) is 0.368. The first-order chi connectivity index (χ1) is 12.9. The summed E-state index contributed by atoms with van der Waals surface area (Å²) in [6.07, 6.45) is 3.94. The molecule has 0 aliphatic carbocycles. The molecule has 1 N–H and O–H groups in total. The largest absolute Gasteiger partial charge is 0.381 e. The Morgan fingerprint density at radius 1 is 1.15 bits per heavy atom. The smallest absolute Gasteiger partial charge is 0.228 e. The van der Waals surface area contributed by atoms with Crippen molar-refractivity contribution >= 4 is 5.82 Å². The molecule has 0 saturated carbocycles. The molecule has 0 bridgehead atoms. The Bertz CT molecular complexity index is 831. The molecule has 1 saturated heterocycles. The van der Waals surface area contributed by atoms with Gasteiger partial charge in [0.05, 0.1) is 12.3 Å². The van der Waals surface area contributed by atoms with Crippen LogP contribution in [0.15, 0.2) is 47.2 Å². The Balaban J connectivity index is 1.29. The lowest BCUT2D eigenvalue weighted by Crippen LogP contribution is -2.09. The van der Waals surface area contributed by atoms with Gasteiger partial charge in [-0.25, -0.2) is 9.97 Å². The molecule has 4 rings (SSSR count). The van der Waals surface area contributed by atoms with Crippen LogP contribution in [0.4, 0.5) is 5.82 Å². The number of rotatable bonds is 7. The van der Waals surface area contributed by atoms with Crippen LogP contribution in [0.1, 0.15) is 35.3 Å². The minimum absolute atomic E-state index is 0.370. The van der Waals surface area contributed by atoms with Gasteiger partial charge in [-0.1, -0.05) is 35.5 Å². The summed E-state index contributed by atoms with van der Waals surface area (Å²) < 4.78 is 10.8. The van der Waals surface area contributed by atoms with Crippen LogP contribution in [-0.4, -0.2) is 39.9 Å². The van der Waals surface area contributed by atoms with Gasteiger partial charge in [0, 0.05) is 38.0 Å². The monoisotopic (exact) mass is 351 g/mol. The number of benzene rings is 1. The highest BCUT2D eigenvalue weighted by Crippen LogP contribution is 2.24. The van der Waals surface area contributed by atoms with Crippen LogP contribution < -0.4 is 5.32 Å². The molecule has 7 nitrogen and oxygen atoms in total. The maximum absolute atomic E-state index is 5.43. The van der Waals surface area contributed by atoms with Crippen LogP contribution in [0.5, 0.6) is 0 Å². The molecule has 134 valence electrons. The molecule has 1 aliphatic heterocycles. The quantitative estimate of drug-likeness (QED) is 0.700. The average Bonchev–Trinajstić information content (AvgIpc) is 3.35. The molecule has 26 heavy (non-hydrogen) atoms. The third kappa shape index (κ3) is 4.23. The van der Waals surface area contributed by atoms with Gasteiger partial charge in [-0.3, -0.25) is 0 Å². The van der Waals surface area contributed by atoms with Gasteiger partial charge in [-0.05, 0) is 12.0 Å². The van der Waals surface area contributed by atoms with Crippen molar-refractivity contribution in [1.29, 1.82) is 0 Å². The maximum atomic E-state index is 5.43. The van der Waals surface area contributed by atoms with Crippen LogP contribution in [0.3, 0.4) is 0 Å². The number of hydrogen-bond acceptors (Lipinski definition) is 7.